The molecule has 0 fully saturated rings. The molecule has 0 aliphatic heterocycles. The van der Waals surface area contributed by atoms with Gasteiger partial charge >= 0.3 is 6.09 Å². The lowest BCUT2D eigenvalue weighted by molar-refractivity contribution is 0.142. The molecule has 1 N–H and O–H groups in total. The maximum Gasteiger partial charge on any atom is 0.407 e. The molecule has 0 aliphatic rings. The molecular weight excluding hydrogens is 429 g/mol. The fourth-order valence-corrected chi connectivity index (χ4v) is 4.04. The standard InChI is InChI=1S/C16H13BrFN3O4S/c1-19-16(22)25-9-10-8-21(15-13(10)5-6-14(17)20-15)26(23,24)12-4-2-3-11(18)7-12/h2-8H,9H2,1H3,(H,19,22). The van der Waals surface area contributed by atoms with E-state index in [1.807, 2.05) is 0 Å². The second-order valence-electron chi connectivity index (χ2n) is 5.24. The van der Waals surface area contributed by atoms with E-state index in [4.69, 9.17) is 4.74 Å². The van der Waals surface area contributed by atoms with Gasteiger partial charge in [-0.2, -0.15) is 0 Å². The third-order valence-corrected chi connectivity index (χ3v) is 5.67. The first-order chi connectivity index (χ1) is 12.3. The number of carbonyl (C=O) groups is 1. The number of pyridine rings is 1. The van der Waals surface area contributed by atoms with Crippen LogP contribution >= 0.6 is 15.9 Å². The number of alkyl carbamates (subject to hydrolysis) is 1. The number of aromatic nitrogens is 2. The normalized spacial score (nSPS) is 11.5. The molecule has 2 heterocycles. The van der Waals surface area contributed by atoms with E-state index in [0.29, 0.717) is 15.6 Å². The molecule has 0 saturated heterocycles. The van der Waals surface area contributed by atoms with Crippen LogP contribution in [0, 0.1) is 5.82 Å². The van der Waals surface area contributed by atoms with Crippen LogP contribution in [-0.4, -0.2) is 30.5 Å². The number of hydrogen-bond acceptors (Lipinski definition) is 5. The maximum atomic E-state index is 13.5. The van der Waals surface area contributed by atoms with Crippen molar-refractivity contribution in [3.05, 3.63) is 58.6 Å². The number of rotatable bonds is 4. The molecule has 1 aromatic carbocycles. The van der Waals surface area contributed by atoms with Gasteiger partial charge in [-0.05, 0) is 46.3 Å². The summed E-state index contributed by atoms with van der Waals surface area (Å²) < 4.78 is 45.7. The van der Waals surface area contributed by atoms with Crippen molar-refractivity contribution in [3.63, 3.8) is 0 Å². The van der Waals surface area contributed by atoms with Crippen molar-refractivity contribution in [2.24, 2.45) is 0 Å². The van der Waals surface area contributed by atoms with E-state index in [1.165, 1.54) is 25.4 Å². The number of ether oxygens (including phenoxy) is 1. The van der Waals surface area contributed by atoms with Crippen LogP contribution in [0.4, 0.5) is 9.18 Å². The first-order valence-corrected chi connectivity index (χ1v) is 9.58. The molecule has 3 aromatic rings. The zero-order chi connectivity index (χ0) is 18.9. The number of amides is 1. The van der Waals surface area contributed by atoms with Gasteiger partial charge in [-0.15, -0.1) is 0 Å². The number of fused-ring (bicyclic) bond motifs is 1. The molecule has 0 unspecified atom stereocenters. The van der Waals surface area contributed by atoms with Gasteiger partial charge in [0.25, 0.3) is 10.0 Å². The summed E-state index contributed by atoms with van der Waals surface area (Å²) in [6, 6.07) is 8.00. The zero-order valence-corrected chi connectivity index (χ0v) is 15.8. The Bertz CT molecular complexity index is 1100. The molecule has 7 nitrogen and oxygen atoms in total. The molecule has 0 atom stereocenters. The fourth-order valence-electron chi connectivity index (χ4n) is 2.37. The highest BCUT2D eigenvalue weighted by Gasteiger charge is 2.23. The minimum absolute atomic E-state index is 0.138. The van der Waals surface area contributed by atoms with Crippen LogP contribution in [0.3, 0.4) is 0 Å². The fraction of sp³-hybridized carbons (Fsp3) is 0.125. The van der Waals surface area contributed by atoms with Crippen LogP contribution in [-0.2, 0) is 21.4 Å². The molecule has 26 heavy (non-hydrogen) atoms. The Balaban J connectivity index is 2.16. The summed E-state index contributed by atoms with van der Waals surface area (Å²) in [5.41, 5.74) is 0.586. The predicted octanol–water partition coefficient (Wildman–Crippen LogP) is 3.03. The Morgan fingerprint density at radius 3 is 2.81 bits per heavy atom. The SMILES string of the molecule is CNC(=O)OCc1cn(S(=O)(=O)c2cccc(F)c2)c2nc(Br)ccc12. The smallest absolute Gasteiger partial charge is 0.407 e. The Hall–Kier alpha value is -2.46. The summed E-state index contributed by atoms with van der Waals surface area (Å²) in [4.78, 5) is 15.3. The van der Waals surface area contributed by atoms with Gasteiger partial charge in [-0.25, -0.2) is 26.6 Å². The molecule has 1 amide bonds. The van der Waals surface area contributed by atoms with Crippen LogP contribution in [0.25, 0.3) is 11.0 Å². The number of nitrogens with one attached hydrogen (secondary N) is 1. The van der Waals surface area contributed by atoms with Crippen LogP contribution in [0.1, 0.15) is 5.56 Å². The van der Waals surface area contributed by atoms with Crippen molar-refractivity contribution in [2.45, 2.75) is 11.5 Å². The van der Waals surface area contributed by atoms with E-state index in [1.54, 1.807) is 12.1 Å². The van der Waals surface area contributed by atoms with Crippen molar-refractivity contribution in [1.82, 2.24) is 14.3 Å². The molecular formula is C16H13BrFN3O4S. The Labute approximate surface area is 157 Å². The van der Waals surface area contributed by atoms with Gasteiger partial charge in [0.1, 0.15) is 17.0 Å². The van der Waals surface area contributed by atoms with Crippen LogP contribution < -0.4 is 5.32 Å². The summed E-state index contributed by atoms with van der Waals surface area (Å²) in [6.45, 7) is -0.148. The number of benzene rings is 1. The minimum Gasteiger partial charge on any atom is -0.445 e. The summed E-state index contributed by atoms with van der Waals surface area (Å²) in [5.74, 6) is -0.667. The van der Waals surface area contributed by atoms with E-state index in [9.17, 15) is 17.6 Å². The third-order valence-electron chi connectivity index (χ3n) is 3.58. The summed E-state index contributed by atoms with van der Waals surface area (Å²) in [5, 5.41) is 2.81. The number of halogens is 2. The molecule has 0 spiro atoms. The van der Waals surface area contributed by atoms with Crippen LogP contribution in [0.2, 0.25) is 0 Å². The van der Waals surface area contributed by atoms with Gasteiger partial charge in [0.15, 0.2) is 5.65 Å². The van der Waals surface area contributed by atoms with Crippen LogP contribution in [0.15, 0.2) is 52.1 Å². The molecule has 2 aromatic heterocycles. The average molecular weight is 442 g/mol. The molecule has 3 rings (SSSR count). The lowest BCUT2D eigenvalue weighted by Gasteiger charge is -2.07. The predicted molar refractivity (Wildman–Crippen MR) is 95.7 cm³/mol. The van der Waals surface area contributed by atoms with Gasteiger partial charge in [0, 0.05) is 24.2 Å². The maximum absolute atomic E-state index is 13.5. The molecule has 136 valence electrons. The lowest BCUT2D eigenvalue weighted by Crippen LogP contribution is -2.18. The highest BCUT2D eigenvalue weighted by atomic mass is 79.9. The highest BCUT2D eigenvalue weighted by molar-refractivity contribution is 9.10. The lowest BCUT2D eigenvalue weighted by atomic mass is 10.2. The van der Waals surface area contributed by atoms with Crippen molar-refractivity contribution in [2.75, 3.05) is 7.05 Å². The number of carbonyl (C=O) groups excluding carboxylic acids is 1. The molecule has 0 saturated carbocycles. The second-order valence-corrected chi connectivity index (χ2v) is 7.87. The van der Waals surface area contributed by atoms with Crippen molar-refractivity contribution in [3.8, 4) is 0 Å². The van der Waals surface area contributed by atoms with E-state index in [2.05, 4.69) is 26.2 Å². The van der Waals surface area contributed by atoms with Crippen molar-refractivity contribution >= 4 is 43.1 Å². The van der Waals surface area contributed by atoms with Gasteiger partial charge in [-0.3, -0.25) is 0 Å². The first kappa shape index (κ1) is 18.3. The van der Waals surface area contributed by atoms with E-state index >= 15 is 0 Å². The molecule has 0 aliphatic carbocycles. The van der Waals surface area contributed by atoms with Gasteiger partial charge in [0.05, 0.1) is 4.90 Å². The monoisotopic (exact) mass is 441 g/mol. The Kier molecular flexibility index (Phi) is 4.97. The topological polar surface area (TPSA) is 90.3 Å². The highest BCUT2D eigenvalue weighted by Crippen LogP contribution is 2.27. The third kappa shape index (κ3) is 3.42. The van der Waals surface area contributed by atoms with Gasteiger partial charge in [-0.1, -0.05) is 6.07 Å². The van der Waals surface area contributed by atoms with Crippen LogP contribution in [0.5, 0.6) is 0 Å². The Morgan fingerprint density at radius 2 is 2.12 bits per heavy atom. The second kappa shape index (κ2) is 7.04. The molecule has 0 bridgehead atoms. The molecule has 10 heteroatoms. The number of nitrogens with zero attached hydrogens (tertiary/aromatic N) is 2. The van der Waals surface area contributed by atoms with Crippen molar-refractivity contribution in [1.29, 1.82) is 0 Å². The Morgan fingerprint density at radius 1 is 1.35 bits per heavy atom. The van der Waals surface area contributed by atoms with E-state index in [-0.39, 0.29) is 17.1 Å². The largest absolute Gasteiger partial charge is 0.445 e. The zero-order valence-electron chi connectivity index (χ0n) is 13.4. The van der Waals surface area contributed by atoms with E-state index in [0.717, 1.165) is 16.1 Å². The average Bonchev–Trinajstić information content (AvgIpc) is 2.98. The van der Waals surface area contributed by atoms with Gasteiger partial charge < -0.3 is 10.1 Å². The minimum atomic E-state index is -4.09. The summed E-state index contributed by atoms with van der Waals surface area (Å²) in [7, 11) is -2.68. The molecule has 0 radical (unpaired) electrons. The van der Waals surface area contributed by atoms with E-state index < -0.39 is 21.9 Å². The first-order valence-electron chi connectivity index (χ1n) is 7.35. The summed E-state index contributed by atoms with van der Waals surface area (Å²) in [6.07, 6.45) is 0.664. The van der Waals surface area contributed by atoms with Crippen molar-refractivity contribution < 1.29 is 22.3 Å². The van der Waals surface area contributed by atoms with Gasteiger partial charge in [0.2, 0.25) is 0 Å². The summed E-state index contributed by atoms with van der Waals surface area (Å²) >= 11 is 3.21. The number of hydrogen-bond donors (Lipinski definition) is 1. The quantitative estimate of drug-likeness (QED) is 0.628.